The minimum atomic E-state index is -0.298. The summed E-state index contributed by atoms with van der Waals surface area (Å²) in [4.78, 5) is 25.4. The highest BCUT2D eigenvalue weighted by Gasteiger charge is 2.17. The number of methoxy groups -OCH3 is 2. The number of thioether (sulfide) groups is 1. The Hall–Kier alpha value is -2.51. The summed E-state index contributed by atoms with van der Waals surface area (Å²) in [6.45, 7) is 1.92. The van der Waals surface area contributed by atoms with Crippen LogP contribution in [0.15, 0.2) is 57.9 Å². The third-order valence-corrected chi connectivity index (χ3v) is 7.10. The van der Waals surface area contributed by atoms with Gasteiger partial charge in [-0.2, -0.15) is 0 Å². The van der Waals surface area contributed by atoms with Gasteiger partial charge in [0, 0.05) is 15.8 Å². The van der Waals surface area contributed by atoms with E-state index in [1.165, 1.54) is 18.9 Å². The van der Waals surface area contributed by atoms with Crippen LogP contribution < -0.4 is 10.1 Å². The summed E-state index contributed by atoms with van der Waals surface area (Å²) in [7, 11) is 2.94. The van der Waals surface area contributed by atoms with Crippen LogP contribution in [0.1, 0.15) is 17.5 Å². The molecule has 5 nitrogen and oxygen atoms in total. The molecule has 31 heavy (non-hydrogen) atoms. The lowest BCUT2D eigenvalue weighted by Gasteiger charge is -2.17. The van der Waals surface area contributed by atoms with Gasteiger partial charge in [-0.1, -0.05) is 42.5 Å². The van der Waals surface area contributed by atoms with Gasteiger partial charge in [0.25, 0.3) is 0 Å². The fraction of sp³-hybridized carbons (Fsp3) is 0.250. The molecule has 0 fully saturated rings. The molecule has 0 radical (unpaired) electrons. The second-order valence-corrected chi connectivity index (χ2v) is 8.77. The van der Waals surface area contributed by atoms with Crippen molar-refractivity contribution in [2.45, 2.75) is 24.7 Å². The molecule has 3 aromatic rings. The van der Waals surface area contributed by atoms with Gasteiger partial charge >= 0.3 is 5.97 Å². The molecule has 0 unspecified atom stereocenters. The number of ether oxygens (including phenoxy) is 2. The molecule has 0 aliphatic rings. The maximum Gasteiger partial charge on any atom is 0.305 e. The molecule has 0 atom stereocenters. The van der Waals surface area contributed by atoms with Crippen LogP contribution in [0.4, 0.5) is 5.69 Å². The number of carbonyl (C=O) groups excluding carboxylic acids is 2. The lowest BCUT2D eigenvalue weighted by molar-refractivity contribution is -0.140. The lowest BCUT2D eigenvalue weighted by atomic mass is 10.0. The van der Waals surface area contributed by atoms with Crippen molar-refractivity contribution < 1.29 is 19.1 Å². The van der Waals surface area contributed by atoms with Crippen molar-refractivity contribution in [1.29, 1.82) is 0 Å². The third-order valence-electron chi connectivity index (χ3n) is 4.92. The highest BCUT2D eigenvalue weighted by atomic mass is 79.9. The minimum Gasteiger partial charge on any atom is -0.494 e. The quantitative estimate of drug-likeness (QED) is 0.314. The average molecular weight is 502 g/mol. The van der Waals surface area contributed by atoms with E-state index in [2.05, 4.69) is 39.4 Å². The fourth-order valence-corrected chi connectivity index (χ4v) is 4.92. The number of halogens is 1. The Morgan fingerprint density at radius 2 is 1.84 bits per heavy atom. The first-order valence-corrected chi connectivity index (χ1v) is 11.6. The Labute approximate surface area is 194 Å². The van der Waals surface area contributed by atoms with Crippen molar-refractivity contribution in [3.05, 3.63) is 64.1 Å². The first kappa shape index (κ1) is 23.2. The molecular weight excluding hydrogens is 478 g/mol. The smallest absolute Gasteiger partial charge is 0.305 e. The monoisotopic (exact) mass is 501 g/mol. The van der Waals surface area contributed by atoms with Crippen LogP contribution in [0.3, 0.4) is 0 Å². The number of fused-ring (bicyclic) bond motifs is 1. The van der Waals surface area contributed by atoms with Crippen molar-refractivity contribution in [3.8, 4) is 5.75 Å². The maximum absolute atomic E-state index is 12.8. The summed E-state index contributed by atoms with van der Waals surface area (Å²) in [6.07, 6.45) is 0.673. The van der Waals surface area contributed by atoms with Crippen LogP contribution in [-0.4, -0.2) is 31.8 Å². The number of benzene rings is 3. The average Bonchev–Trinajstić information content (AvgIpc) is 2.78. The van der Waals surface area contributed by atoms with Gasteiger partial charge in [0.05, 0.1) is 25.7 Å². The van der Waals surface area contributed by atoms with Crippen molar-refractivity contribution >= 4 is 56.0 Å². The molecule has 1 amide bonds. The van der Waals surface area contributed by atoms with E-state index in [-0.39, 0.29) is 24.1 Å². The molecule has 3 rings (SSSR count). The largest absolute Gasteiger partial charge is 0.494 e. The first-order chi connectivity index (χ1) is 14.9. The molecule has 0 saturated heterocycles. The molecule has 0 heterocycles. The number of hydrogen-bond donors (Lipinski definition) is 1. The van der Waals surface area contributed by atoms with Crippen LogP contribution in [0.5, 0.6) is 5.75 Å². The zero-order chi connectivity index (χ0) is 22.4. The number of hydrogen-bond acceptors (Lipinski definition) is 5. The van der Waals surface area contributed by atoms with Gasteiger partial charge in [-0.05, 0) is 57.2 Å². The van der Waals surface area contributed by atoms with E-state index >= 15 is 0 Å². The summed E-state index contributed by atoms with van der Waals surface area (Å²) in [5, 5.41) is 5.24. The molecule has 162 valence electrons. The summed E-state index contributed by atoms with van der Waals surface area (Å²) >= 11 is 5.13. The number of anilines is 1. The number of esters is 1. The van der Waals surface area contributed by atoms with Crippen LogP contribution >= 0.6 is 27.7 Å². The van der Waals surface area contributed by atoms with Crippen molar-refractivity contribution in [3.63, 3.8) is 0 Å². The van der Waals surface area contributed by atoms with Gasteiger partial charge in [-0.15, -0.1) is 11.8 Å². The highest BCUT2D eigenvalue weighted by molar-refractivity contribution is 9.10. The van der Waals surface area contributed by atoms with Crippen molar-refractivity contribution in [2.24, 2.45) is 0 Å². The van der Waals surface area contributed by atoms with Crippen molar-refractivity contribution in [1.82, 2.24) is 0 Å². The van der Waals surface area contributed by atoms with Gasteiger partial charge in [0.2, 0.25) is 5.91 Å². The van der Waals surface area contributed by atoms with E-state index in [4.69, 9.17) is 9.47 Å². The predicted molar refractivity (Wildman–Crippen MR) is 129 cm³/mol. The number of nitrogens with one attached hydrogen (secondary N) is 1. The molecule has 1 N–H and O–H groups in total. The fourth-order valence-electron chi connectivity index (χ4n) is 3.32. The second-order valence-electron chi connectivity index (χ2n) is 6.96. The summed E-state index contributed by atoms with van der Waals surface area (Å²) in [6, 6.07) is 16.0. The van der Waals surface area contributed by atoms with E-state index in [9.17, 15) is 9.59 Å². The van der Waals surface area contributed by atoms with E-state index < -0.39 is 0 Å². The lowest BCUT2D eigenvalue weighted by Crippen LogP contribution is -2.17. The van der Waals surface area contributed by atoms with E-state index in [1.54, 1.807) is 7.11 Å². The van der Waals surface area contributed by atoms with E-state index in [1.807, 2.05) is 37.3 Å². The van der Waals surface area contributed by atoms with Crippen LogP contribution in [0.2, 0.25) is 0 Å². The molecule has 0 aliphatic heterocycles. The standard InChI is InChI=1S/C24H24BrNO4S/c1-15-8-9-17(11-13-21(28)29-2)23(24(15)30-3)26-20(27)14-31-19-12-10-16-6-4-5-7-18(16)22(19)25/h4-10,12H,11,13-14H2,1-3H3,(H,26,27). The van der Waals surface area contributed by atoms with Crippen LogP contribution in [-0.2, 0) is 20.7 Å². The SMILES string of the molecule is COC(=O)CCc1ccc(C)c(OC)c1NC(=O)CSc1ccc2ccccc2c1Br. The molecule has 0 aliphatic carbocycles. The van der Waals surface area contributed by atoms with Gasteiger partial charge in [0.1, 0.15) is 5.75 Å². The normalized spacial score (nSPS) is 10.7. The zero-order valence-electron chi connectivity index (χ0n) is 17.7. The molecule has 0 saturated carbocycles. The van der Waals surface area contributed by atoms with Gasteiger partial charge in [-0.3, -0.25) is 9.59 Å². The zero-order valence-corrected chi connectivity index (χ0v) is 20.1. The minimum absolute atomic E-state index is 0.145. The molecule has 0 bridgehead atoms. The van der Waals surface area contributed by atoms with E-state index in [0.29, 0.717) is 17.9 Å². The predicted octanol–water partition coefficient (Wildman–Crippen LogP) is 5.76. The maximum atomic E-state index is 12.8. The highest BCUT2D eigenvalue weighted by Crippen LogP contribution is 2.36. The second kappa shape index (κ2) is 10.7. The third kappa shape index (κ3) is 5.60. The van der Waals surface area contributed by atoms with Gasteiger partial charge in [-0.25, -0.2) is 0 Å². The number of rotatable bonds is 8. The number of aryl methyl sites for hydroxylation is 2. The molecule has 0 spiro atoms. The Balaban J connectivity index is 1.76. The first-order valence-electron chi connectivity index (χ1n) is 9.77. The van der Waals surface area contributed by atoms with Crippen LogP contribution in [0.25, 0.3) is 10.8 Å². The number of carbonyl (C=O) groups is 2. The Morgan fingerprint density at radius 3 is 2.58 bits per heavy atom. The molecular formula is C24H24BrNO4S. The Morgan fingerprint density at radius 1 is 1.06 bits per heavy atom. The molecule has 0 aromatic heterocycles. The Bertz CT molecular complexity index is 1120. The van der Waals surface area contributed by atoms with Gasteiger partial charge in [0.15, 0.2) is 0 Å². The Kier molecular flexibility index (Phi) is 7.98. The molecule has 3 aromatic carbocycles. The molecule has 7 heteroatoms. The summed E-state index contributed by atoms with van der Waals surface area (Å²) in [5.41, 5.74) is 2.34. The number of amides is 1. The summed E-state index contributed by atoms with van der Waals surface area (Å²) in [5.74, 6) is 0.402. The van der Waals surface area contributed by atoms with Crippen molar-refractivity contribution in [2.75, 3.05) is 25.3 Å². The van der Waals surface area contributed by atoms with Crippen LogP contribution in [0, 0.1) is 6.92 Å². The van der Waals surface area contributed by atoms with Gasteiger partial charge < -0.3 is 14.8 Å². The summed E-state index contributed by atoms with van der Waals surface area (Å²) < 4.78 is 11.3. The van der Waals surface area contributed by atoms with E-state index in [0.717, 1.165) is 31.3 Å². The topological polar surface area (TPSA) is 64.6 Å².